The standard InChI is InChI=1S/C21H22ClNO4/c22-18-7-2-1-6-17(18)21(10-12-27-13-11-21)20(26)23-16-5-3-4-15(14-16)8-9-19(24)25/h1-7,14H,8-13H2,(H,23,26)(H,24,25). The predicted molar refractivity (Wildman–Crippen MR) is 104 cm³/mol. The molecule has 1 aliphatic rings. The Morgan fingerprint density at radius 3 is 2.56 bits per heavy atom. The molecule has 0 aliphatic carbocycles. The Hall–Kier alpha value is -2.37. The highest BCUT2D eigenvalue weighted by molar-refractivity contribution is 6.31. The van der Waals surface area contributed by atoms with Crippen LogP contribution >= 0.6 is 11.6 Å². The van der Waals surface area contributed by atoms with Crippen molar-refractivity contribution in [2.45, 2.75) is 31.1 Å². The van der Waals surface area contributed by atoms with Gasteiger partial charge in [0.2, 0.25) is 5.91 Å². The molecule has 1 aliphatic heterocycles. The van der Waals surface area contributed by atoms with Crippen LogP contribution in [0.5, 0.6) is 0 Å². The first-order valence-electron chi connectivity index (χ1n) is 8.96. The molecule has 142 valence electrons. The summed E-state index contributed by atoms with van der Waals surface area (Å²) in [6.07, 6.45) is 1.59. The number of nitrogens with one attached hydrogen (secondary N) is 1. The molecule has 1 amide bonds. The third-order valence-electron chi connectivity index (χ3n) is 4.98. The van der Waals surface area contributed by atoms with Gasteiger partial charge in [0.05, 0.1) is 5.41 Å². The summed E-state index contributed by atoms with van der Waals surface area (Å²) < 4.78 is 5.48. The number of hydrogen-bond acceptors (Lipinski definition) is 3. The smallest absolute Gasteiger partial charge is 0.303 e. The van der Waals surface area contributed by atoms with Crippen LogP contribution in [0.15, 0.2) is 48.5 Å². The van der Waals surface area contributed by atoms with Crippen molar-refractivity contribution in [2.75, 3.05) is 18.5 Å². The van der Waals surface area contributed by atoms with E-state index in [9.17, 15) is 9.59 Å². The van der Waals surface area contributed by atoms with Gasteiger partial charge in [0.25, 0.3) is 0 Å². The lowest BCUT2D eigenvalue weighted by Crippen LogP contribution is -2.45. The average molecular weight is 388 g/mol. The summed E-state index contributed by atoms with van der Waals surface area (Å²) in [6, 6.07) is 14.7. The highest BCUT2D eigenvalue weighted by Gasteiger charge is 2.43. The fourth-order valence-electron chi connectivity index (χ4n) is 3.49. The first-order chi connectivity index (χ1) is 13.0. The summed E-state index contributed by atoms with van der Waals surface area (Å²) >= 11 is 6.41. The van der Waals surface area contributed by atoms with E-state index in [0.717, 1.165) is 11.1 Å². The Bertz CT molecular complexity index is 830. The van der Waals surface area contributed by atoms with Crippen LogP contribution < -0.4 is 5.32 Å². The van der Waals surface area contributed by atoms with Crippen molar-refractivity contribution in [1.29, 1.82) is 0 Å². The van der Waals surface area contributed by atoms with E-state index in [1.165, 1.54) is 0 Å². The second kappa shape index (κ2) is 8.55. The summed E-state index contributed by atoms with van der Waals surface area (Å²) in [4.78, 5) is 24.1. The van der Waals surface area contributed by atoms with Crippen LogP contribution in [0.1, 0.15) is 30.4 Å². The number of benzene rings is 2. The third kappa shape index (κ3) is 4.49. The van der Waals surface area contributed by atoms with Crippen LogP contribution in [-0.4, -0.2) is 30.2 Å². The third-order valence-corrected chi connectivity index (χ3v) is 5.31. The monoisotopic (exact) mass is 387 g/mol. The summed E-state index contributed by atoms with van der Waals surface area (Å²) in [5, 5.41) is 12.4. The lowest BCUT2D eigenvalue weighted by molar-refractivity contribution is -0.137. The fraction of sp³-hybridized carbons (Fsp3) is 0.333. The summed E-state index contributed by atoms with van der Waals surface area (Å²) in [7, 11) is 0. The normalized spacial score (nSPS) is 15.9. The molecule has 0 bridgehead atoms. The quantitative estimate of drug-likeness (QED) is 0.784. The van der Waals surface area contributed by atoms with Crippen LogP contribution in [0.2, 0.25) is 5.02 Å². The number of anilines is 1. The summed E-state index contributed by atoms with van der Waals surface area (Å²) in [5.74, 6) is -0.960. The largest absolute Gasteiger partial charge is 0.481 e. The molecule has 0 unspecified atom stereocenters. The molecule has 1 heterocycles. The summed E-state index contributed by atoms with van der Waals surface area (Å²) in [6.45, 7) is 0.995. The maximum absolute atomic E-state index is 13.3. The molecule has 2 aromatic rings. The number of carboxylic acids is 1. The molecule has 0 spiro atoms. The SMILES string of the molecule is O=C(O)CCc1cccc(NC(=O)C2(c3ccccc3Cl)CCOCC2)c1. The van der Waals surface area contributed by atoms with E-state index in [2.05, 4.69) is 5.32 Å². The van der Waals surface area contributed by atoms with Gasteiger partial charge in [-0.2, -0.15) is 0 Å². The summed E-state index contributed by atoms with van der Waals surface area (Å²) in [5.41, 5.74) is 1.59. The minimum Gasteiger partial charge on any atom is -0.481 e. The van der Waals surface area contributed by atoms with E-state index in [1.54, 1.807) is 6.07 Å². The maximum atomic E-state index is 13.3. The number of ether oxygens (including phenoxy) is 1. The van der Waals surface area contributed by atoms with Crippen molar-refractivity contribution in [3.63, 3.8) is 0 Å². The predicted octanol–water partition coefficient (Wildman–Crippen LogP) is 4.04. The van der Waals surface area contributed by atoms with Crippen molar-refractivity contribution in [3.8, 4) is 0 Å². The number of aryl methyl sites for hydroxylation is 1. The second-order valence-corrected chi connectivity index (χ2v) is 7.13. The number of halogens is 1. The van der Waals surface area contributed by atoms with Crippen molar-refractivity contribution >= 4 is 29.2 Å². The van der Waals surface area contributed by atoms with Crippen LogP contribution in [0.3, 0.4) is 0 Å². The van der Waals surface area contributed by atoms with E-state index in [1.807, 2.05) is 42.5 Å². The molecule has 2 N–H and O–H groups in total. The van der Waals surface area contributed by atoms with Gasteiger partial charge in [0.1, 0.15) is 0 Å². The molecule has 2 aromatic carbocycles. The number of hydrogen-bond donors (Lipinski definition) is 2. The molecule has 27 heavy (non-hydrogen) atoms. The highest BCUT2D eigenvalue weighted by Crippen LogP contribution is 2.39. The van der Waals surface area contributed by atoms with Crippen LogP contribution in [0, 0.1) is 0 Å². The van der Waals surface area contributed by atoms with Crippen molar-refractivity contribution < 1.29 is 19.4 Å². The zero-order valence-electron chi connectivity index (χ0n) is 14.9. The number of carbonyl (C=O) groups is 2. The molecule has 0 atom stereocenters. The maximum Gasteiger partial charge on any atom is 0.303 e. The first kappa shape index (κ1) is 19.4. The molecule has 0 radical (unpaired) electrons. The van der Waals surface area contributed by atoms with Gasteiger partial charge in [-0.15, -0.1) is 0 Å². The molecule has 1 fully saturated rings. The van der Waals surface area contributed by atoms with Crippen LogP contribution in [-0.2, 0) is 26.2 Å². The van der Waals surface area contributed by atoms with Crippen LogP contribution in [0.25, 0.3) is 0 Å². The topological polar surface area (TPSA) is 75.6 Å². The molecule has 0 saturated carbocycles. The Morgan fingerprint density at radius 2 is 1.85 bits per heavy atom. The van der Waals surface area contributed by atoms with Gasteiger partial charge in [0.15, 0.2) is 0 Å². The zero-order valence-corrected chi connectivity index (χ0v) is 15.7. The van der Waals surface area contributed by atoms with Gasteiger partial charge >= 0.3 is 5.97 Å². The lowest BCUT2D eigenvalue weighted by Gasteiger charge is -2.36. The minimum absolute atomic E-state index is 0.0539. The van der Waals surface area contributed by atoms with Crippen LogP contribution in [0.4, 0.5) is 5.69 Å². The lowest BCUT2D eigenvalue weighted by atomic mass is 9.73. The molecule has 6 heteroatoms. The highest BCUT2D eigenvalue weighted by atomic mass is 35.5. The van der Waals surface area contributed by atoms with Crippen molar-refractivity contribution in [3.05, 3.63) is 64.7 Å². The second-order valence-electron chi connectivity index (χ2n) is 6.72. The Balaban J connectivity index is 1.85. The van der Waals surface area contributed by atoms with Crippen molar-refractivity contribution in [1.82, 2.24) is 0 Å². The van der Waals surface area contributed by atoms with Gasteiger partial charge < -0.3 is 15.2 Å². The molecule has 1 saturated heterocycles. The van der Waals surface area contributed by atoms with Gasteiger partial charge in [-0.05, 0) is 48.6 Å². The molecule has 5 nitrogen and oxygen atoms in total. The number of carboxylic acid groups (broad SMARTS) is 1. The molecular weight excluding hydrogens is 366 g/mol. The Morgan fingerprint density at radius 1 is 1.11 bits per heavy atom. The van der Waals surface area contributed by atoms with Gasteiger partial charge in [-0.1, -0.05) is 41.9 Å². The zero-order chi connectivity index (χ0) is 19.3. The molecule has 0 aromatic heterocycles. The average Bonchev–Trinajstić information content (AvgIpc) is 2.67. The number of carbonyl (C=O) groups excluding carboxylic acids is 1. The molecular formula is C21H22ClNO4. The van der Waals surface area contributed by atoms with E-state index in [4.69, 9.17) is 21.4 Å². The Kier molecular flexibility index (Phi) is 6.14. The fourth-order valence-corrected chi connectivity index (χ4v) is 3.81. The van der Waals surface area contributed by atoms with E-state index in [0.29, 0.717) is 43.2 Å². The Labute approximate surface area is 163 Å². The van der Waals surface area contributed by atoms with Crippen molar-refractivity contribution in [2.24, 2.45) is 0 Å². The van der Waals surface area contributed by atoms with Gasteiger partial charge in [-0.3, -0.25) is 9.59 Å². The van der Waals surface area contributed by atoms with E-state index >= 15 is 0 Å². The van der Waals surface area contributed by atoms with Gasteiger partial charge in [-0.25, -0.2) is 0 Å². The van der Waals surface area contributed by atoms with Gasteiger partial charge in [0, 0.05) is 30.3 Å². The minimum atomic E-state index is -0.843. The van der Waals surface area contributed by atoms with E-state index in [-0.39, 0.29) is 12.3 Å². The molecule has 3 rings (SSSR count). The number of aliphatic carboxylic acids is 1. The first-order valence-corrected chi connectivity index (χ1v) is 9.34. The van der Waals surface area contributed by atoms with E-state index < -0.39 is 11.4 Å². The number of rotatable bonds is 6. The number of amides is 1.